The summed E-state index contributed by atoms with van der Waals surface area (Å²) in [5.74, 6) is 0. The zero-order chi connectivity index (χ0) is 14.9. The summed E-state index contributed by atoms with van der Waals surface area (Å²) >= 11 is 4.64. The highest BCUT2D eigenvalue weighted by Crippen LogP contribution is 2.12. The van der Waals surface area contributed by atoms with Crippen molar-refractivity contribution in [2.75, 3.05) is 6.38 Å². The quantitative estimate of drug-likeness (QED) is 0.304. The molecule has 0 N–H and O–H groups in total. The zero-order valence-corrected chi connectivity index (χ0v) is 14.3. The minimum Gasteiger partial charge on any atom is -0.130 e. The molecule has 1 heteroatoms. The molecule has 1 aromatic rings. The van der Waals surface area contributed by atoms with Crippen molar-refractivity contribution in [3.05, 3.63) is 35.9 Å². The Bertz CT molecular complexity index is 268. The normalized spacial score (nSPS) is 9.95. The number of hydrogen-bond acceptors (Lipinski definition) is 0. The second-order valence-corrected chi connectivity index (χ2v) is 5.42. The molecule has 1 rings (SSSR count). The van der Waals surface area contributed by atoms with Gasteiger partial charge in [0, 0.05) is 6.38 Å². The number of benzene rings is 1. The number of aryl methyl sites for hydroxylation is 1. The Labute approximate surface area is 131 Å². The summed E-state index contributed by atoms with van der Waals surface area (Å²) in [6.07, 6.45) is 17.0. The number of hydrogen-bond donors (Lipinski definition) is 0. The van der Waals surface area contributed by atoms with Gasteiger partial charge >= 0.3 is 0 Å². The fraction of sp³-hybridized carbons (Fsp3) is 0.684. The van der Waals surface area contributed by atoms with E-state index in [1.807, 2.05) is 0 Å². The molecule has 0 amide bonds. The van der Waals surface area contributed by atoms with Crippen molar-refractivity contribution in [2.45, 2.75) is 77.6 Å². The van der Waals surface area contributed by atoms with Crippen LogP contribution < -0.4 is 0 Å². The molecular formula is C19H33Cl. The molecule has 20 heavy (non-hydrogen) atoms. The van der Waals surface area contributed by atoms with E-state index in [2.05, 4.69) is 48.9 Å². The summed E-state index contributed by atoms with van der Waals surface area (Å²) in [5, 5.41) is 0. The molecule has 0 unspecified atom stereocenters. The molecule has 0 aromatic heterocycles. The summed E-state index contributed by atoms with van der Waals surface area (Å²) in [4.78, 5) is 0. The summed E-state index contributed by atoms with van der Waals surface area (Å²) in [6, 6.07) is 10.9. The SMILES string of the molecule is CCCCCCCCCCCCc1ccccc1.CCl. The highest BCUT2D eigenvalue weighted by molar-refractivity contribution is 6.15. The highest BCUT2D eigenvalue weighted by Gasteiger charge is 1.94. The van der Waals surface area contributed by atoms with Crippen LogP contribution in [0.25, 0.3) is 0 Å². The Morgan fingerprint density at radius 3 is 1.60 bits per heavy atom. The lowest BCUT2D eigenvalue weighted by molar-refractivity contribution is 0.556. The summed E-state index contributed by atoms with van der Waals surface area (Å²) in [5.41, 5.74) is 1.50. The van der Waals surface area contributed by atoms with E-state index >= 15 is 0 Å². The van der Waals surface area contributed by atoms with E-state index in [-0.39, 0.29) is 0 Å². The van der Waals surface area contributed by atoms with Crippen LogP contribution in [0.4, 0.5) is 0 Å². The maximum atomic E-state index is 4.64. The van der Waals surface area contributed by atoms with Crippen LogP contribution in [0.15, 0.2) is 30.3 Å². The van der Waals surface area contributed by atoms with Crippen LogP contribution in [-0.4, -0.2) is 6.38 Å². The molecule has 116 valence electrons. The number of rotatable bonds is 11. The predicted molar refractivity (Wildman–Crippen MR) is 93.8 cm³/mol. The van der Waals surface area contributed by atoms with Gasteiger partial charge in [-0.1, -0.05) is 95.0 Å². The molecule has 0 heterocycles. The lowest BCUT2D eigenvalue weighted by Gasteiger charge is -2.03. The largest absolute Gasteiger partial charge is 0.130 e. The second kappa shape index (κ2) is 16.6. The molecular weight excluding hydrogens is 264 g/mol. The Balaban J connectivity index is 0.00000172. The van der Waals surface area contributed by atoms with Gasteiger partial charge in [0.25, 0.3) is 0 Å². The van der Waals surface area contributed by atoms with Crippen molar-refractivity contribution >= 4 is 11.6 Å². The van der Waals surface area contributed by atoms with Crippen molar-refractivity contribution in [1.29, 1.82) is 0 Å². The maximum Gasteiger partial charge on any atom is 0.0108 e. The van der Waals surface area contributed by atoms with Gasteiger partial charge < -0.3 is 0 Å². The van der Waals surface area contributed by atoms with Crippen LogP contribution in [0, 0.1) is 0 Å². The number of alkyl halides is 1. The molecule has 0 aliphatic heterocycles. The Kier molecular flexibility index (Phi) is 16.2. The van der Waals surface area contributed by atoms with Gasteiger partial charge in [0.15, 0.2) is 0 Å². The highest BCUT2D eigenvalue weighted by atomic mass is 35.5. The van der Waals surface area contributed by atoms with E-state index in [4.69, 9.17) is 0 Å². The van der Waals surface area contributed by atoms with E-state index < -0.39 is 0 Å². The third kappa shape index (κ3) is 12.5. The van der Waals surface area contributed by atoms with E-state index in [0.717, 1.165) is 0 Å². The average Bonchev–Trinajstić information content (AvgIpc) is 2.52. The molecule has 0 fully saturated rings. The fourth-order valence-electron chi connectivity index (χ4n) is 2.46. The van der Waals surface area contributed by atoms with Gasteiger partial charge in [0.05, 0.1) is 0 Å². The third-order valence-corrected chi connectivity index (χ3v) is 3.66. The van der Waals surface area contributed by atoms with Gasteiger partial charge in [-0.2, -0.15) is 0 Å². The summed E-state index contributed by atoms with van der Waals surface area (Å²) in [6.45, 7) is 2.28. The molecule has 0 aliphatic carbocycles. The number of unbranched alkanes of at least 4 members (excludes halogenated alkanes) is 9. The predicted octanol–water partition coefficient (Wildman–Crippen LogP) is 7.01. The summed E-state index contributed by atoms with van der Waals surface area (Å²) < 4.78 is 0. The Morgan fingerprint density at radius 1 is 0.650 bits per heavy atom. The number of halogens is 1. The molecule has 0 saturated carbocycles. The first-order valence-corrected chi connectivity index (χ1v) is 9.11. The molecule has 0 bridgehead atoms. The first-order valence-electron chi connectivity index (χ1n) is 8.35. The monoisotopic (exact) mass is 296 g/mol. The molecule has 1 aromatic carbocycles. The van der Waals surface area contributed by atoms with E-state index in [1.165, 1.54) is 82.6 Å². The molecule has 0 nitrogen and oxygen atoms in total. The van der Waals surface area contributed by atoms with Crippen LogP contribution >= 0.6 is 11.6 Å². The van der Waals surface area contributed by atoms with E-state index in [9.17, 15) is 0 Å². The van der Waals surface area contributed by atoms with Gasteiger partial charge in [0.1, 0.15) is 0 Å². The lowest BCUT2D eigenvalue weighted by Crippen LogP contribution is -1.86. The minimum absolute atomic E-state index is 1.26. The Hall–Kier alpha value is -0.490. The van der Waals surface area contributed by atoms with Crippen molar-refractivity contribution in [1.82, 2.24) is 0 Å². The van der Waals surface area contributed by atoms with E-state index in [0.29, 0.717) is 0 Å². The van der Waals surface area contributed by atoms with Crippen molar-refractivity contribution in [3.63, 3.8) is 0 Å². The summed E-state index contributed by atoms with van der Waals surface area (Å²) in [7, 11) is 0. The first-order chi connectivity index (χ1) is 9.93. The van der Waals surface area contributed by atoms with E-state index in [1.54, 1.807) is 0 Å². The second-order valence-electron chi connectivity index (χ2n) is 5.42. The molecule has 0 spiro atoms. The smallest absolute Gasteiger partial charge is 0.0108 e. The van der Waals surface area contributed by atoms with Crippen LogP contribution in [0.5, 0.6) is 0 Å². The molecule has 0 radical (unpaired) electrons. The van der Waals surface area contributed by atoms with Crippen molar-refractivity contribution < 1.29 is 0 Å². The Morgan fingerprint density at radius 2 is 1.10 bits per heavy atom. The lowest BCUT2D eigenvalue weighted by atomic mass is 10.0. The van der Waals surface area contributed by atoms with Gasteiger partial charge in [-0.25, -0.2) is 0 Å². The average molecular weight is 297 g/mol. The van der Waals surface area contributed by atoms with Crippen molar-refractivity contribution in [3.8, 4) is 0 Å². The van der Waals surface area contributed by atoms with Gasteiger partial charge in [-0.15, -0.1) is 11.6 Å². The standard InChI is InChI=1S/C18H30.CH3Cl/c1-2-3-4-5-6-7-8-9-10-12-15-18-16-13-11-14-17-18;1-2/h11,13-14,16-17H,2-10,12,15H2,1H3;1H3. The minimum atomic E-state index is 1.26. The molecule has 0 saturated heterocycles. The zero-order valence-electron chi connectivity index (χ0n) is 13.5. The van der Waals surface area contributed by atoms with Crippen LogP contribution in [0.1, 0.15) is 76.7 Å². The van der Waals surface area contributed by atoms with Gasteiger partial charge in [-0.3, -0.25) is 0 Å². The first kappa shape index (κ1) is 19.5. The van der Waals surface area contributed by atoms with Crippen LogP contribution in [0.2, 0.25) is 0 Å². The third-order valence-electron chi connectivity index (χ3n) is 3.66. The molecule has 0 aliphatic rings. The fourth-order valence-corrected chi connectivity index (χ4v) is 2.46. The van der Waals surface area contributed by atoms with Crippen molar-refractivity contribution in [2.24, 2.45) is 0 Å². The van der Waals surface area contributed by atoms with Crippen LogP contribution in [0.3, 0.4) is 0 Å². The van der Waals surface area contributed by atoms with Crippen LogP contribution in [-0.2, 0) is 6.42 Å². The van der Waals surface area contributed by atoms with Gasteiger partial charge in [-0.05, 0) is 18.4 Å². The molecule has 0 atom stereocenters. The maximum absolute atomic E-state index is 4.64. The van der Waals surface area contributed by atoms with Gasteiger partial charge in [0.2, 0.25) is 0 Å². The topological polar surface area (TPSA) is 0 Å².